The molecule has 0 fully saturated rings. The third kappa shape index (κ3) is 2.43. The second-order valence-electron chi connectivity index (χ2n) is 3.49. The number of nitrogens with one attached hydrogen (secondary N) is 1. The molecule has 0 aliphatic heterocycles. The van der Waals surface area contributed by atoms with Gasteiger partial charge in [0.2, 0.25) is 0 Å². The maximum Gasteiger partial charge on any atom is 0.328 e. The third-order valence-corrected chi connectivity index (χ3v) is 2.31. The van der Waals surface area contributed by atoms with Crippen molar-refractivity contribution in [3.8, 4) is 0 Å². The quantitative estimate of drug-likeness (QED) is 0.740. The molecule has 2 N–H and O–H groups in total. The topological polar surface area (TPSA) is 62.2 Å². The van der Waals surface area contributed by atoms with Crippen molar-refractivity contribution in [3.63, 3.8) is 0 Å². The largest absolute Gasteiger partial charge is 0.480 e. The van der Waals surface area contributed by atoms with E-state index in [1.54, 1.807) is 0 Å². The summed E-state index contributed by atoms with van der Waals surface area (Å²) in [6.45, 7) is 5.25. The Morgan fingerprint density at radius 1 is 1.75 bits per heavy atom. The van der Waals surface area contributed by atoms with Crippen molar-refractivity contribution >= 4 is 5.97 Å². The summed E-state index contributed by atoms with van der Waals surface area (Å²) in [5, 5.41) is 11.9. The summed E-state index contributed by atoms with van der Waals surface area (Å²) in [7, 11) is 0. The maximum absolute atomic E-state index is 13.0. The van der Waals surface area contributed by atoms with Crippen LogP contribution in [0.5, 0.6) is 0 Å². The average molecular weight is 224 g/mol. The van der Waals surface area contributed by atoms with Gasteiger partial charge in [-0.05, 0) is 13.0 Å². The molecule has 1 atom stereocenters. The first-order valence-corrected chi connectivity index (χ1v) is 4.71. The Labute approximate surface area is 92.8 Å². The predicted molar refractivity (Wildman–Crippen MR) is 57.4 cm³/mol. The second-order valence-corrected chi connectivity index (χ2v) is 3.49. The molecule has 0 amide bonds. The molecule has 86 valence electrons. The molecule has 1 aromatic heterocycles. The Hall–Kier alpha value is -1.75. The number of aliphatic carboxylic acids is 1. The van der Waals surface area contributed by atoms with Crippen LogP contribution in [0.15, 0.2) is 31.1 Å². The SMILES string of the molecule is C=CCNC(C)(C(=O)O)c1cncc(F)c1. The molecule has 0 saturated carbocycles. The number of hydrogen-bond acceptors (Lipinski definition) is 3. The Kier molecular flexibility index (Phi) is 3.73. The number of nitrogens with zero attached hydrogens (tertiary/aromatic N) is 1. The number of carboxylic acid groups (broad SMARTS) is 1. The summed E-state index contributed by atoms with van der Waals surface area (Å²) in [5.41, 5.74) is -1.11. The van der Waals surface area contributed by atoms with Gasteiger partial charge in [-0.1, -0.05) is 6.08 Å². The number of aromatic nitrogens is 1. The molecule has 1 rings (SSSR count). The van der Waals surface area contributed by atoms with Crippen LogP contribution in [-0.4, -0.2) is 22.6 Å². The summed E-state index contributed by atoms with van der Waals surface area (Å²) in [6, 6.07) is 1.15. The molecule has 0 radical (unpaired) electrons. The predicted octanol–water partition coefficient (Wildman–Crippen LogP) is 1.30. The van der Waals surface area contributed by atoms with Gasteiger partial charge in [-0.25, -0.2) is 9.18 Å². The lowest BCUT2D eigenvalue weighted by molar-refractivity contribution is -0.144. The van der Waals surface area contributed by atoms with Crippen molar-refractivity contribution in [2.75, 3.05) is 6.54 Å². The van der Waals surface area contributed by atoms with Crippen LogP contribution in [0.25, 0.3) is 0 Å². The molecule has 0 aliphatic rings. The number of rotatable bonds is 5. The zero-order chi connectivity index (χ0) is 12.2. The van der Waals surface area contributed by atoms with E-state index in [9.17, 15) is 9.18 Å². The molecular formula is C11H13FN2O2. The Balaban J connectivity index is 3.10. The Morgan fingerprint density at radius 2 is 2.44 bits per heavy atom. The summed E-state index contributed by atoms with van der Waals surface area (Å²) in [5.74, 6) is -1.66. The van der Waals surface area contributed by atoms with Crippen LogP contribution in [0.3, 0.4) is 0 Å². The van der Waals surface area contributed by atoms with Gasteiger partial charge in [-0.3, -0.25) is 10.3 Å². The van der Waals surface area contributed by atoms with E-state index in [0.29, 0.717) is 6.54 Å². The van der Waals surface area contributed by atoms with Crippen LogP contribution >= 0.6 is 0 Å². The van der Waals surface area contributed by atoms with Crippen LogP contribution < -0.4 is 5.32 Å². The van der Waals surface area contributed by atoms with Crippen LogP contribution in [-0.2, 0) is 10.3 Å². The van der Waals surface area contributed by atoms with Gasteiger partial charge in [-0.15, -0.1) is 6.58 Å². The van der Waals surface area contributed by atoms with Crippen molar-refractivity contribution < 1.29 is 14.3 Å². The lowest BCUT2D eigenvalue weighted by Gasteiger charge is -2.25. The first-order valence-electron chi connectivity index (χ1n) is 4.71. The van der Waals surface area contributed by atoms with E-state index in [1.807, 2.05) is 0 Å². The molecule has 1 aromatic rings. The fraction of sp³-hybridized carbons (Fsp3) is 0.273. The highest BCUT2D eigenvalue weighted by atomic mass is 19.1. The molecule has 1 heterocycles. The van der Waals surface area contributed by atoms with Crippen LogP contribution in [0.1, 0.15) is 12.5 Å². The second kappa shape index (κ2) is 4.85. The standard InChI is InChI=1S/C11H13FN2O2/c1-3-4-14-11(2,10(15)16)8-5-9(12)7-13-6-8/h3,5-7,14H,1,4H2,2H3,(H,15,16). The summed E-state index contributed by atoms with van der Waals surface area (Å²) in [4.78, 5) is 14.8. The molecule has 5 heteroatoms. The van der Waals surface area contributed by atoms with Gasteiger partial charge in [-0.2, -0.15) is 0 Å². The average Bonchev–Trinajstić information content (AvgIpc) is 2.25. The van der Waals surface area contributed by atoms with Crippen molar-refractivity contribution in [3.05, 3.63) is 42.5 Å². The first-order chi connectivity index (χ1) is 7.50. The van der Waals surface area contributed by atoms with Crippen LogP contribution in [0, 0.1) is 5.82 Å². The zero-order valence-electron chi connectivity index (χ0n) is 8.90. The van der Waals surface area contributed by atoms with Gasteiger partial charge >= 0.3 is 5.97 Å². The molecule has 0 saturated heterocycles. The van der Waals surface area contributed by atoms with Crippen LogP contribution in [0.4, 0.5) is 4.39 Å². The van der Waals surface area contributed by atoms with Gasteiger partial charge in [0, 0.05) is 18.3 Å². The van der Waals surface area contributed by atoms with E-state index in [1.165, 1.54) is 19.2 Å². The molecule has 0 bridgehead atoms. The van der Waals surface area contributed by atoms with Gasteiger partial charge in [0.05, 0.1) is 6.20 Å². The number of pyridine rings is 1. The summed E-state index contributed by atoms with van der Waals surface area (Å²) < 4.78 is 13.0. The third-order valence-electron chi connectivity index (χ3n) is 2.31. The summed E-state index contributed by atoms with van der Waals surface area (Å²) in [6.07, 6.45) is 3.89. The van der Waals surface area contributed by atoms with Crippen molar-refractivity contribution in [1.82, 2.24) is 10.3 Å². The fourth-order valence-corrected chi connectivity index (χ4v) is 1.26. The smallest absolute Gasteiger partial charge is 0.328 e. The minimum Gasteiger partial charge on any atom is -0.480 e. The van der Waals surface area contributed by atoms with Crippen molar-refractivity contribution in [1.29, 1.82) is 0 Å². The highest BCUT2D eigenvalue weighted by Gasteiger charge is 2.34. The number of carbonyl (C=O) groups is 1. The van der Waals surface area contributed by atoms with E-state index >= 15 is 0 Å². The van der Waals surface area contributed by atoms with Crippen molar-refractivity contribution in [2.24, 2.45) is 0 Å². The lowest BCUT2D eigenvalue weighted by Crippen LogP contribution is -2.46. The number of carboxylic acids is 1. The molecule has 0 aromatic carbocycles. The van der Waals surface area contributed by atoms with E-state index in [4.69, 9.17) is 5.11 Å². The Bertz CT molecular complexity index is 409. The fourth-order valence-electron chi connectivity index (χ4n) is 1.26. The molecule has 16 heavy (non-hydrogen) atoms. The molecule has 0 aliphatic carbocycles. The highest BCUT2D eigenvalue weighted by Crippen LogP contribution is 2.20. The van der Waals surface area contributed by atoms with E-state index < -0.39 is 17.3 Å². The molecule has 4 nitrogen and oxygen atoms in total. The zero-order valence-corrected chi connectivity index (χ0v) is 8.90. The van der Waals surface area contributed by atoms with E-state index in [-0.39, 0.29) is 5.56 Å². The monoisotopic (exact) mass is 224 g/mol. The summed E-state index contributed by atoms with van der Waals surface area (Å²) >= 11 is 0. The number of hydrogen-bond donors (Lipinski definition) is 2. The van der Waals surface area contributed by atoms with Gasteiger partial charge in [0.25, 0.3) is 0 Å². The Morgan fingerprint density at radius 3 is 2.94 bits per heavy atom. The van der Waals surface area contributed by atoms with Gasteiger partial charge in [0.1, 0.15) is 11.4 Å². The molecule has 0 spiro atoms. The minimum atomic E-state index is -1.37. The lowest BCUT2D eigenvalue weighted by atomic mass is 9.93. The molecular weight excluding hydrogens is 211 g/mol. The highest BCUT2D eigenvalue weighted by molar-refractivity contribution is 5.80. The van der Waals surface area contributed by atoms with Gasteiger partial charge in [0.15, 0.2) is 0 Å². The maximum atomic E-state index is 13.0. The first kappa shape index (κ1) is 12.3. The van der Waals surface area contributed by atoms with Crippen LogP contribution in [0.2, 0.25) is 0 Å². The minimum absolute atomic E-state index is 0.266. The van der Waals surface area contributed by atoms with E-state index in [2.05, 4.69) is 16.9 Å². The normalized spacial score (nSPS) is 14.1. The van der Waals surface area contributed by atoms with Crippen molar-refractivity contribution in [2.45, 2.75) is 12.5 Å². The number of halogens is 1. The molecule has 1 unspecified atom stereocenters. The van der Waals surface area contributed by atoms with Gasteiger partial charge < -0.3 is 5.11 Å². The van der Waals surface area contributed by atoms with E-state index in [0.717, 1.165) is 12.3 Å².